The molecule has 7 nitrogen and oxygen atoms in total. The Balaban J connectivity index is 1.67. The molecule has 9 heteroatoms. The van der Waals surface area contributed by atoms with Gasteiger partial charge in [0.1, 0.15) is 11.6 Å². The first-order valence-electron chi connectivity index (χ1n) is 11.7. The predicted octanol–water partition coefficient (Wildman–Crippen LogP) is 5.72. The summed E-state index contributed by atoms with van der Waals surface area (Å²) in [5, 5.41) is 0.672. The molecule has 0 amide bonds. The molecule has 192 valence electrons. The molecule has 3 aromatic carbocycles. The number of hydrogen-bond acceptors (Lipinski definition) is 6. The van der Waals surface area contributed by atoms with Crippen molar-refractivity contribution in [1.29, 1.82) is 0 Å². The molecule has 0 fully saturated rings. The van der Waals surface area contributed by atoms with Crippen LogP contribution in [0.1, 0.15) is 25.8 Å². The van der Waals surface area contributed by atoms with Crippen LogP contribution in [0, 0.1) is 12.8 Å². The van der Waals surface area contributed by atoms with E-state index < -0.39 is 27.7 Å². The number of carbonyl (C=O) groups is 1. The van der Waals surface area contributed by atoms with Crippen molar-refractivity contribution in [1.82, 2.24) is 4.72 Å². The van der Waals surface area contributed by atoms with Crippen molar-refractivity contribution in [3.05, 3.63) is 93.8 Å². The Morgan fingerprint density at radius 2 is 1.73 bits per heavy atom. The van der Waals surface area contributed by atoms with Gasteiger partial charge in [-0.3, -0.25) is 0 Å². The molecule has 1 N–H and O–H groups in total. The van der Waals surface area contributed by atoms with E-state index >= 15 is 0 Å². The van der Waals surface area contributed by atoms with Gasteiger partial charge in [0.15, 0.2) is 5.75 Å². The molecule has 0 radical (unpaired) electrons. The predicted molar refractivity (Wildman–Crippen MR) is 143 cm³/mol. The van der Waals surface area contributed by atoms with E-state index in [9.17, 15) is 18.0 Å². The fourth-order valence-corrected chi connectivity index (χ4v) is 5.35. The van der Waals surface area contributed by atoms with Crippen LogP contribution in [0.4, 0.5) is 0 Å². The maximum atomic E-state index is 13.2. The van der Waals surface area contributed by atoms with Crippen molar-refractivity contribution in [3.63, 3.8) is 0 Å². The molecular weight excluding hydrogens is 514 g/mol. The van der Waals surface area contributed by atoms with Gasteiger partial charge in [-0.15, -0.1) is 0 Å². The molecule has 2 atom stereocenters. The normalized spacial score (nSPS) is 13.3. The zero-order chi connectivity index (χ0) is 26.7. The van der Waals surface area contributed by atoms with Gasteiger partial charge in [0, 0.05) is 17.5 Å². The highest BCUT2D eigenvalue weighted by atomic mass is 35.5. The van der Waals surface area contributed by atoms with Crippen LogP contribution in [0.25, 0.3) is 22.1 Å². The number of esters is 1. The lowest BCUT2D eigenvalue weighted by Crippen LogP contribution is -2.46. The minimum absolute atomic E-state index is 0.0400. The lowest BCUT2D eigenvalue weighted by atomic mass is 10.0. The van der Waals surface area contributed by atoms with E-state index in [1.807, 2.05) is 44.2 Å². The second-order valence-corrected chi connectivity index (χ2v) is 11.0. The number of rotatable bonds is 8. The SMILES string of the molecule is CC[C@@H](C)[C@H](NS(=O)(=O)c1ccc(C)cc1)C(=O)Oc1cc2oc(=O)cc(-c3ccccc3)c2cc1Cl. The second kappa shape index (κ2) is 10.9. The van der Waals surface area contributed by atoms with Crippen LogP contribution in [-0.4, -0.2) is 20.4 Å². The fourth-order valence-electron chi connectivity index (χ4n) is 3.85. The minimum atomic E-state index is -4.00. The number of sulfonamides is 1. The maximum Gasteiger partial charge on any atom is 0.336 e. The Morgan fingerprint density at radius 1 is 1.05 bits per heavy atom. The van der Waals surface area contributed by atoms with Crippen LogP contribution in [0.5, 0.6) is 5.75 Å². The topological polar surface area (TPSA) is 103 Å². The van der Waals surface area contributed by atoms with E-state index in [-0.39, 0.29) is 27.2 Å². The zero-order valence-electron chi connectivity index (χ0n) is 20.5. The number of carbonyl (C=O) groups excluding carboxylic acids is 1. The molecule has 0 spiro atoms. The van der Waals surface area contributed by atoms with Gasteiger partial charge < -0.3 is 9.15 Å². The average molecular weight is 540 g/mol. The molecule has 0 unspecified atom stereocenters. The summed E-state index contributed by atoms with van der Waals surface area (Å²) in [4.78, 5) is 25.5. The van der Waals surface area contributed by atoms with Crippen LogP contribution in [0.2, 0.25) is 5.02 Å². The average Bonchev–Trinajstić information content (AvgIpc) is 2.88. The molecule has 0 saturated carbocycles. The minimum Gasteiger partial charge on any atom is -0.424 e. The first kappa shape index (κ1) is 26.6. The molecule has 4 rings (SSSR count). The highest BCUT2D eigenvalue weighted by molar-refractivity contribution is 7.89. The Kier molecular flexibility index (Phi) is 7.82. The summed E-state index contributed by atoms with van der Waals surface area (Å²) >= 11 is 6.47. The third-order valence-electron chi connectivity index (χ3n) is 6.17. The van der Waals surface area contributed by atoms with Gasteiger partial charge in [-0.2, -0.15) is 4.72 Å². The zero-order valence-corrected chi connectivity index (χ0v) is 22.1. The summed E-state index contributed by atoms with van der Waals surface area (Å²) in [6.07, 6.45) is 0.511. The number of hydrogen-bond donors (Lipinski definition) is 1. The van der Waals surface area contributed by atoms with Gasteiger partial charge in [0.25, 0.3) is 0 Å². The number of benzene rings is 3. The molecule has 4 aromatic rings. The Morgan fingerprint density at radius 3 is 2.38 bits per heavy atom. The van der Waals surface area contributed by atoms with Crippen molar-refractivity contribution >= 4 is 38.6 Å². The highest BCUT2D eigenvalue weighted by Crippen LogP contribution is 2.35. The molecule has 0 bridgehead atoms. The Bertz CT molecular complexity index is 1600. The first-order valence-corrected chi connectivity index (χ1v) is 13.6. The molecule has 37 heavy (non-hydrogen) atoms. The molecule has 1 heterocycles. The van der Waals surface area contributed by atoms with Crippen LogP contribution < -0.4 is 15.1 Å². The van der Waals surface area contributed by atoms with Crippen molar-refractivity contribution in [3.8, 4) is 16.9 Å². The summed E-state index contributed by atoms with van der Waals surface area (Å²) in [5.74, 6) is -1.25. The number of nitrogens with one attached hydrogen (secondary N) is 1. The maximum absolute atomic E-state index is 13.2. The molecule has 1 aromatic heterocycles. The van der Waals surface area contributed by atoms with Gasteiger partial charge >= 0.3 is 11.6 Å². The van der Waals surface area contributed by atoms with E-state index in [4.69, 9.17) is 20.8 Å². The monoisotopic (exact) mass is 539 g/mol. The van der Waals surface area contributed by atoms with E-state index in [2.05, 4.69) is 4.72 Å². The summed E-state index contributed by atoms with van der Waals surface area (Å²) < 4.78 is 39.4. The lowest BCUT2D eigenvalue weighted by Gasteiger charge is -2.23. The standard InChI is InChI=1S/C28H26ClNO6S/c1-4-18(3)27(30-37(33,34)20-12-10-17(2)11-13-20)28(32)36-25-16-24-22(14-23(25)29)21(15-26(31)35-24)19-8-6-5-7-9-19/h5-16,18,27,30H,4H2,1-3H3/t18-,27+/m1/s1. The van der Waals surface area contributed by atoms with Crippen LogP contribution in [-0.2, 0) is 14.8 Å². The number of ether oxygens (including phenoxy) is 1. The Hall–Kier alpha value is -3.46. The Labute approximate surface area is 220 Å². The number of aryl methyl sites for hydroxylation is 1. The number of halogens is 1. The summed E-state index contributed by atoms with van der Waals surface area (Å²) in [7, 11) is -4.00. The van der Waals surface area contributed by atoms with Crippen LogP contribution in [0.3, 0.4) is 0 Å². The van der Waals surface area contributed by atoms with E-state index in [0.717, 1.165) is 11.1 Å². The summed E-state index contributed by atoms with van der Waals surface area (Å²) in [5.41, 5.74) is 1.93. The highest BCUT2D eigenvalue weighted by Gasteiger charge is 2.32. The van der Waals surface area contributed by atoms with E-state index in [0.29, 0.717) is 17.4 Å². The molecule has 0 aliphatic rings. The molecule has 0 aliphatic carbocycles. The first-order chi connectivity index (χ1) is 17.6. The van der Waals surface area contributed by atoms with E-state index in [1.165, 1.54) is 24.3 Å². The quantitative estimate of drug-likeness (QED) is 0.174. The van der Waals surface area contributed by atoms with Crippen LogP contribution in [0.15, 0.2) is 86.9 Å². The van der Waals surface area contributed by atoms with Gasteiger partial charge in [-0.05, 0) is 42.2 Å². The summed E-state index contributed by atoms with van der Waals surface area (Å²) in [6, 6.07) is 18.7. The fraction of sp³-hybridized carbons (Fsp3) is 0.214. The van der Waals surface area contributed by atoms with Gasteiger partial charge in [-0.1, -0.05) is 79.9 Å². The molecular formula is C28H26ClNO6S. The van der Waals surface area contributed by atoms with Crippen molar-refractivity contribution < 1.29 is 22.4 Å². The second-order valence-electron chi connectivity index (χ2n) is 8.84. The van der Waals surface area contributed by atoms with Crippen molar-refractivity contribution in [2.75, 3.05) is 0 Å². The summed E-state index contributed by atoms with van der Waals surface area (Å²) in [6.45, 7) is 5.44. The molecule has 0 aliphatic heterocycles. The van der Waals surface area contributed by atoms with Crippen molar-refractivity contribution in [2.24, 2.45) is 5.92 Å². The van der Waals surface area contributed by atoms with Gasteiger partial charge in [0.05, 0.1) is 9.92 Å². The molecule has 0 saturated heterocycles. The number of fused-ring (bicyclic) bond motifs is 1. The van der Waals surface area contributed by atoms with Crippen LogP contribution >= 0.6 is 11.6 Å². The third kappa shape index (κ3) is 5.93. The van der Waals surface area contributed by atoms with E-state index in [1.54, 1.807) is 25.1 Å². The lowest BCUT2D eigenvalue weighted by molar-refractivity contribution is -0.137. The third-order valence-corrected chi connectivity index (χ3v) is 7.93. The van der Waals surface area contributed by atoms with Gasteiger partial charge in [0.2, 0.25) is 10.0 Å². The van der Waals surface area contributed by atoms with Gasteiger partial charge in [-0.25, -0.2) is 18.0 Å². The largest absolute Gasteiger partial charge is 0.424 e. The smallest absolute Gasteiger partial charge is 0.336 e. The van der Waals surface area contributed by atoms with Crippen molar-refractivity contribution in [2.45, 2.75) is 38.1 Å².